The molecule has 0 atom stereocenters. The third-order valence-electron chi connectivity index (χ3n) is 5.69. The van der Waals surface area contributed by atoms with Crippen LogP contribution in [0.2, 0.25) is 0 Å². The van der Waals surface area contributed by atoms with E-state index >= 15 is 0 Å². The van der Waals surface area contributed by atoms with Gasteiger partial charge in [-0.05, 0) is 69.9 Å². The first kappa shape index (κ1) is 20.6. The van der Waals surface area contributed by atoms with Crippen molar-refractivity contribution in [3.05, 3.63) is 51.5 Å². The highest BCUT2D eigenvalue weighted by Crippen LogP contribution is 2.29. The van der Waals surface area contributed by atoms with Gasteiger partial charge in [-0.1, -0.05) is 6.07 Å². The molecule has 152 valence electrons. The number of carbonyl (C=O) groups is 1. The molecule has 1 aromatic heterocycles. The number of carbonyl (C=O) groups excluding carboxylic acids is 1. The zero-order valence-corrected chi connectivity index (χ0v) is 18.2. The zero-order valence-electron chi connectivity index (χ0n) is 17.4. The maximum atomic E-state index is 13.3. The number of hydrogen-bond donors (Lipinski definition) is 0. The summed E-state index contributed by atoms with van der Waals surface area (Å²) in [7, 11) is -3.61. The lowest BCUT2D eigenvalue weighted by Gasteiger charge is -2.34. The lowest BCUT2D eigenvalue weighted by atomic mass is 10.0. The van der Waals surface area contributed by atoms with Gasteiger partial charge in [-0.2, -0.15) is 4.31 Å². The monoisotopic (exact) mass is 404 g/mol. The molecule has 1 aromatic carbocycles. The Bertz CT molecular complexity index is 1000. The first-order chi connectivity index (χ1) is 13.0. The zero-order chi connectivity index (χ0) is 20.8. The van der Waals surface area contributed by atoms with Gasteiger partial charge in [0.05, 0.1) is 10.5 Å². The van der Waals surface area contributed by atoms with Crippen molar-refractivity contribution >= 4 is 15.9 Å². The molecule has 1 saturated heterocycles. The van der Waals surface area contributed by atoms with Gasteiger partial charge in [0.2, 0.25) is 10.0 Å². The smallest absolute Gasteiger partial charge is 0.257 e. The van der Waals surface area contributed by atoms with E-state index in [1.165, 1.54) is 4.31 Å². The molecule has 1 aliphatic heterocycles. The van der Waals surface area contributed by atoms with Crippen LogP contribution >= 0.6 is 0 Å². The number of rotatable bonds is 3. The molecular formula is C21H28N2O4S. The molecule has 0 unspecified atom stereocenters. The Hall–Kier alpha value is -2.12. The largest absolute Gasteiger partial charge is 0.466 e. The molecule has 1 amide bonds. The maximum Gasteiger partial charge on any atom is 0.257 e. The number of furan rings is 1. The number of benzene rings is 1. The Morgan fingerprint density at radius 1 is 0.893 bits per heavy atom. The number of amides is 1. The van der Waals surface area contributed by atoms with Crippen LogP contribution in [0.4, 0.5) is 0 Å². The minimum Gasteiger partial charge on any atom is -0.466 e. The molecule has 0 N–H and O–H groups in total. The van der Waals surface area contributed by atoms with Gasteiger partial charge in [0.15, 0.2) is 0 Å². The van der Waals surface area contributed by atoms with E-state index < -0.39 is 10.0 Å². The van der Waals surface area contributed by atoms with Crippen LogP contribution < -0.4 is 0 Å². The molecular weight excluding hydrogens is 376 g/mol. The average molecular weight is 405 g/mol. The van der Waals surface area contributed by atoms with Crippen LogP contribution in [0.1, 0.15) is 44.1 Å². The molecule has 6 nitrogen and oxygen atoms in total. The fourth-order valence-corrected chi connectivity index (χ4v) is 5.84. The Balaban J connectivity index is 1.82. The van der Waals surface area contributed by atoms with E-state index in [4.69, 9.17) is 4.42 Å². The summed E-state index contributed by atoms with van der Waals surface area (Å²) in [4.78, 5) is 14.9. The van der Waals surface area contributed by atoms with Crippen LogP contribution in [-0.4, -0.2) is 49.7 Å². The second kappa shape index (κ2) is 7.37. The van der Waals surface area contributed by atoms with Gasteiger partial charge in [0, 0.05) is 26.2 Å². The fourth-order valence-electron chi connectivity index (χ4n) is 3.84. The highest BCUT2D eigenvalue weighted by atomic mass is 32.2. The van der Waals surface area contributed by atoms with E-state index in [0.717, 1.165) is 22.3 Å². The summed E-state index contributed by atoms with van der Waals surface area (Å²) >= 11 is 0. The second-order valence-corrected chi connectivity index (χ2v) is 9.49. The van der Waals surface area contributed by atoms with E-state index in [-0.39, 0.29) is 19.0 Å². The molecule has 3 rings (SSSR count). The van der Waals surface area contributed by atoms with Crippen LogP contribution in [0.3, 0.4) is 0 Å². The molecule has 1 fully saturated rings. The van der Waals surface area contributed by atoms with Gasteiger partial charge in [0.25, 0.3) is 5.91 Å². The van der Waals surface area contributed by atoms with Gasteiger partial charge < -0.3 is 9.32 Å². The van der Waals surface area contributed by atoms with Crippen molar-refractivity contribution in [2.75, 3.05) is 26.2 Å². The quantitative estimate of drug-likeness (QED) is 0.787. The first-order valence-electron chi connectivity index (χ1n) is 9.48. The molecule has 2 aromatic rings. The van der Waals surface area contributed by atoms with Crippen molar-refractivity contribution in [3.8, 4) is 0 Å². The number of piperazine rings is 1. The van der Waals surface area contributed by atoms with Gasteiger partial charge in [-0.15, -0.1) is 0 Å². The van der Waals surface area contributed by atoms with E-state index in [1.807, 2.05) is 40.7 Å². The third kappa shape index (κ3) is 3.49. The molecule has 2 heterocycles. The molecule has 28 heavy (non-hydrogen) atoms. The van der Waals surface area contributed by atoms with Gasteiger partial charge in [-0.25, -0.2) is 8.42 Å². The number of hydrogen-bond acceptors (Lipinski definition) is 4. The highest BCUT2D eigenvalue weighted by Gasteiger charge is 2.33. The van der Waals surface area contributed by atoms with Crippen molar-refractivity contribution in [3.63, 3.8) is 0 Å². The minimum atomic E-state index is -3.61. The third-order valence-corrected chi connectivity index (χ3v) is 7.87. The molecule has 0 aliphatic carbocycles. The van der Waals surface area contributed by atoms with E-state index in [9.17, 15) is 13.2 Å². The summed E-state index contributed by atoms with van der Waals surface area (Å²) in [6.07, 6.45) is 0. The van der Waals surface area contributed by atoms with Crippen molar-refractivity contribution in [2.24, 2.45) is 0 Å². The van der Waals surface area contributed by atoms with Gasteiger partial charge in [0.1, 0.15) is 11.5 Å². The van der Waals surface area contributed by atoms with Crippen LogP contribution in [0.15, 0.2) is 21.4 Å². The molecule has 0 radical (unpaired) electrons. The number of sulfonamides is 1. The molecule has 7 heteroatoms. The summed E-state index contributed by atoms with van der Waals surface area (Å²) in [5, 5.41) is 0. The minimum absolute atomic E-state index is 0.106. The Kier molecular flexibility index (Phi) is 5.42. The first-order valence-corrected chi connectivity index (χ1v) is 10.9. The Labute approximate surface area is 167 Å². The molecule has 0 bridgehead atoms. The maximum absolute atomic E-state index is 13.3. The van der Waals surface area contributed by atoms with Gasteiger partial charge >= 0.3 is 0 Å². The van der Waals surface area contributed by atoms with Crippen LogP contribution in [0.25, 0.3) is 0 Å². The summed E-state index contributed by atoms with van der Waals surface area (Å²) < 4.78 is 33.6. The van der Waals surface area contributed by atoms with E-state index in [1.54, 1.807) is 17.9 Å². The van der Waals surface area contributed by atoms with Crippen LogP contribution in [0.5, 0.6) is 0 Å². The average Bonchev–Trinajstić information content (AvgIpc) is 2.97. The van der Waals surface area contributed by atoms with E-state index in [0.29, 0.717) is 35.1 Å². The predicted octanol–water partition coefficient (Wildman–Crippen LogP) is 3.28. The Morgan fingerprint density at radius 3 is 1.89 bits per heavy atom. The molecule has 0 saturated carbocycles. The SMILES string of the molecule is Cc1cc(C(=O)N2CCN(S(=O)(=O)c3c(C)c(C)cc(C)c3C)CC2)c(C)o1. The van der Waals surface area contributed by atoms with Crippen molar-refractivity contribution < 1.29 is 17.6 Å². The van der Waals surface area contributed by atoms with Crippen LogP contribution in [0, 0.1) is 41.5 Å². The predicted molar refractivity (Wildman–Crippen MR) is 108 cm³/mol. The van der Waals surface area contributed by atoms with Crippen molar-refractivity contribution in [2.45, 2.75) is 46.4 Å². The lowest BCUT2D eigenvalue weighted by molar-refractivity contribution is 0.0696. The summed E-state index contributed by atoms with van der Waals surface area (Å²) in [6, 6.07) is 3.76. The standard InChI is InChI=1S/C21H28N2O4S/c1-13-11-14(2)17(5)20(16(13)4)28(25,26)23-9-7-22(8-10-23)21(24)19-12-15(3)27-18(19)6/h11-12H,7-10H2,1-6H3. The fraction of sp³-hybridized carbons (Fsp3) is 0.476. The molecule has 1 aliphatic rings. The lowest BCUT2D eigenvalue weighted by Crippen LogP contribution is -2.50. The summed E-state index contributed by atoms with van der Waals surface area (Å²) in [5.74, 6) is 1.19. The summed E-state index contributed by atoms with van der Waals surface area (Å²) in [6.45, 7) is 12.5. The van der Waals surface area contributed by atoms with Crippen molar-refractivity contribution in [1.82, 2.24) is 9.21 Å². The number of aryl methyl sites for hydroxylation is 4. The summed E-state index contributed by atoms with van der Waals surface area (Å²) in [5.41, 5.74) is 4.09. The van der Waals surface area contributed by atoms with Gasteiger partial charge in [-0.3, -0.25) is 4.79 Å². The van der Waals surface area contributed by atoms with Crippen LogP contribution in [-0.2, 0) is 10.0 Å². The normalized spacial score (nSPS) is 15.9. The highest BCUT2D eigenvalue weighted by molar-refractivity contribution is 7.89. The second-order valence-electron chi connectivity index (χ2n) is 7.61. The van der Waals surface area contributed by atoms with Crippen molar-refractivity contribution in [1.29, 1.82) is 0 Å². The Morgan fingerprint density at radius 2 is 1.43 bits per heavy atom. The molecule has 0 spiro atoms. The van der Waals surface area contributed by atoms with E-state index in [2.05, 4.69) is 0 Å². The topological polar surface area (TPSA) is 70.8 Å². The number of nitrogens with zero attached hydrogens (tertiary/aromatic N) is 2.